The lowest BCUT2D eigenvalue weighted by Gasteiger charge is -2.22. The van der Waals surface area contributed by atoms with Gasteiger partial charge < -0.3 is 0 Å². The van der Waals surface area contributed by atoms with Crippen molar-refractivity contribution >= 4 is 0 Å². The van der Waals surface area contributed by atoms with Gasteiger partial charge >= 0.3 is 6.18 Å². The average molecular weight is 228 g/mol. The molecule has 0 aromatic heterocycles. The molecule has 0 amide bonds. The SMILES string of the molecule is FC(F)(F)C1=C(C2=CCCCC2)CCC=C1. The highest BCUT2D eigenvalue weighted by atomic mass is 19.4. The molecule has 88 valence electrons. The molecule has 0 heterocycles. The molecule has 0 unspecified atom stereocenters. The summed E-state index contributed by atoms with van der Waals surface area (Å²) in [6, 6.07) is 0. The molecule has 0 radical (unpaired) electrons. The fraction of sp³-hybridized carbons (Fsp3) is 0.538. The molecule has 0 aromatic carbocycles. The topological polar surface area (TPSA) is 0 Å². The Hall–Kier alpha value is -0.990. The van der Waals surface area contributed by atoms with Gasteiger partial charge in [-0.1, -0.05) is 18.2 Å². The Kier molecular flexibility index (Phi) is 3.22. The summed E-state index contributed by atoms with van der Waals surface area (Å²) in [4.78, 5) is 0. The molecule has 3 heteroatoms. The van der Waals surface area contributed by atoms with Crippen molar-refractivity contribution in [1.29, 1.82) is 0 Å². The zero-order chi connectivity index (χ0) is 11.6. The first kappa shape index (κ1) is 11.5. The fourth-order valence-corrected chi connectivity index (χ4v) is 2.38. The molecule has 16 heavy (non-hydrogen) atoms. The van der Waals surface area contributed by atoms with E-state index in [-0.39, 0.29) is 0 Å². The maximum absolute atomic E-state index is 12.8. The zero-order valence-electron chi connectivity index (χ0n) is 9.11. The highest BCUT2D eigenvalue weighted by molar-refractivity contribution is 5.45. The van der Waals surface area contributed by atoms with Gasteiger partial charge in [0.25, 0.3) is 0 Å². The van der Waals surface area contributed by atoms with E-state index in [1.165, 1.54) is 6.08 Å². The summed E-state index contributed by atoms with van der Waals surface area (Å²) in [5.41, 5.74) is 1.05. The Bertz CT molecular complexity index is 356. The highest BCUT2D eigenvalue weighted by Gasteiger charge is 2.35. The van der Waals surface area contributed by atoms with Crippen molar-refractivity contribution in [3.05, 3.63) is 34.9 Å². The minimum atomic E-state index is -4.20. The maximum Gasteiger partial charge on any atom is 0.416 e. The van der Waals surface area contributed by atoms with E-state index in [1.54, 1.807) is 6.08 Å². The monoisotopic (exact) mass is 228 g/mol. The number of hydrogen-bond acceptors (Lipinski definition) is 0. The van der Waals surface area contributed by atoms with Gasteiger partial charge in [-0.25, -0.2) is 0 Å². The Morgan fingerprint density at radius 1 is 1.00 bits per heavy atom. The van der Waals surface area contributed by atoms with Crippen LogP contribution in [0.5, 0.6) is 0 Å². The Balaban J connectivity index is 2.37. The normalized spacial score (nSPS) is 22.3. The summed E-state index contributed by atoms with van der Waals surface area (Å²) in [5, 5.41) is 0. The van der Waals surface area contributed by atoms with Crippen molar-refractivity contribution in [2.75, 3.05) is 0 Å². The Labute approximate surface area is 93.5 Å². The van der Waals surface area contributed by atoms with E-state index in [0.717, 1.165) is 37.7 Å². The van der Waals surface area contributed by atoms with Crippen LogP contribution in [0.15, 0.2) is 34.9 Å². The van der Waals surface area contributed by atoms with Gasteiger partial charge in [-0.15, -0.1) is 0 Å². The van der Waals surface area contributed by atoms with E-state index in [0.29, 0.717) is 12.0 Å². The maximum atomic E-state index is 12.8. The summed E-state index contributed by atoms with van der Waals surface area (Å²) in [7, 11) is 0. The third-order valence-electron chi connectivity index (χ3n) is 3.15. The third-order valence-corrected chi connectivity index (χ3v) is 3.15. The molecule has 0 aliphatic heterocycles. The molecule has 0 nitrogen and oxygen atoms in total. The highest BCUT2D eigenvalue weighted by Crippen LogP contribution is 2.38. The molecule has 0 N–H and O–H groups in total. The van der Waals surface area contributed by atoms with Crippen LogP contribution in [0.3, 0.4) is 0 Å². The van der Waals surface area contributed by atoms with Crippen LogP contribution in [0, 0.1) is 0 Å². The van der Waals surface area contributed by atoms with Gasteiger partial charge in [-0.2, -0.15) is 13.2 Å². The van der Waals surface area contributed by atoms with E-state index in [9.17, 15) is 13.2 Å². The van der Waals surface area contributed by atoms with E-state index >= 15 is 0 Å². The molecule has 0 bridgehead atoms. The van der Waals surface area contributed by atoms with Crippen molar-refractivity contribution < 1.29 is 13.2 Å². The summed E-state index contributed by atoms with van der Waals surface area (Å²) in [5.74, 6) is 0. The molecule has 0 saturated heterocycles. The van der Waals surface area contributed by atoms with Gasteiger partial charge in [0.1, 0.15) is 0 Å². The number of hydrogen-bond donors (Lipinski definition) is 0. The Morgan fingerprint density at radius 3 is 2.44 bits per heavy atom. The average Bonchev–Trinajstić information content (AvgIpc) is 2.29. The fourth-order valence-electron chi connectivity index (χ4n) is 2.38. The second kappa shape index (κ2) is 4.48. The Morgan fingerprint density at radius 2 is 1.81 bits per heavy atom. The lowest BCUT2D eigenvalue weighted by atomic mass is 9.85. The van der Waals surface area contributed by atoms with E-state index in [2.05, 4.69) is 0 Å². The molecule has 0 aromatic rings. The third kappa shape index (κ3) is 2.39. The van der Waals surface area contributed by atoms with E-state index in [4.69, 9.17) is 0 Å². The van der Waals surface area contributed by atoms with Crippen LogP contribution in [-0.2, 0) is 0 Å². The summed E-state index contributed by atoms with van der Waals surface area (Å²) >= 11 is 0. The van der Waals surface area contributed by atoms with Crippen LogP contribution in [0.25, 0.3) is 0 Å². The smallest absolute Gasteiger partial charge is 0.166 e. The standard InChI is InChI=1S/C13H15F3/c14-13(15,16)12-9-5-4-8-11(12)10-6-2-1-3-7-10/h5-6,9H,1-4,7-8H2. The van der Waals surface area contributed by atoms with Gasteiger partial charge in [0.15, 0.2) is 0 Å². The van der Waals surface area contributed by atoms with Crippen molar-refractivity contribution in [2.45, 2.75) is 44.7 Å². The molecule has 2 aliphatic carbocycles. The van der Waals surface area contributed by atoms with Gasteiger partial charge in [0.05, 0.1) is 5.57 Å². The minimum absolute atomic E-state index is 0.424. The van der Waals surface area contributed by atoms with Crippen LogP contribution in [0.1, 0.15) is 38.5 Å². The van der Waals surface area contributed by atoms with Crippen LogP contribution >= 0.6 is 0 Å². The van der Waals surface area contributed by atoms with Crippen LogP contribution in [0.2, 0.25) is 0 Å². The number of alkyl halides is 3. The van der Waals surface area contributed by atoms with Gasteiger partial charge in [-0.05, 0) is 49.7 Å². The molecular weight excluding hydrogens is 213 g/mol. The van der Waals surface area contributed by atoms with E-state index < -0.39 is 11.7 Å². The molecular formula is C13H15F3. The lowest BCUT2D eigenvalue weighted by molar-refractivity contribution is -0.0892. The second-order valence-electron chi connectivity index (χ2n) is 4.31. The predicted octanol–water partition coefficient (Wildman–Crippen LogP) is 4.70. The summed E-state index contributed by atoms with van der Waals surface area (Å²) < 4.78 is 38.4. The lowest BCUT2D eigenvalue weighted by Crippen LogP contribution is -2.16. The summed E-state index contributed by atoms with van der Waals surface area (Å²) in [6.07, 6.45) is 5.77. The van der Waals surface area contributed by atoms with Crippen molar-refractivity contribution in [2.24, 2.45) is 0 Å². The van der Waals surface area contributed by atoms with Crippen molar-refractivity contribution in [1.82, 2.24) is 0 Å². The predicted molar refractivity (Wildman–Crippen MR) is 58.0 cm³/mol. The van der Waals surface area contributed by atoms with Crippen LogP contribution < -0.4 is 0 Å². The zero-order valence-corrected chi connectivity index (χ0v) is 9.11. The molecule has 0 spiro atoms. The van der Waals surface area contributed by atoms with Crippen molar-refractivity contribution in [3.8, 4) is 0 Å². The number of rotatable bonds is 1. The molecule has 0 atom stereocenters. The van der Waals surface area contributed by atoms with Gasteiger partial charge in [-0.3, -0.25) is 0 Å². The largest absolute Gasteiger partial charge is 0.416 e. The van der Waals surface area contributed by atoms with Crippen LogP contribution in [0.4, 0.5) is 13.2 Å². The number of allylic oxidation sites excluding steroid dienone is 6. The van der Waals surface area contributed by atoms with Gasteiger partial charge in [0.2, 0.25) is 0 Å². The molecule has 2 aliphatic rings. The summed E-state index contributed by atoms with van der Waals surface area (Å²) in [6.45, 7) is 0. The first-order valence-electron chi connectivity index (χ1n) is 5.75. The number of halogens is 3. The first-order chi connectivity index (χ1) is 7.59. The minimum Gasteiger partial charge on any atom is -0.166 e. The molecule has 0 saturated carbocycles. The van der Waals surface area contributed by atoms with Crippen molar-refractivity contribution in [3.63, 3.8) is 0 Å². The molecule has 2 rings (SSSR count). The second-order valence-corrected chi connectivity index (χ2v) is 4.31. The molecule has 0 fully saturated rings. The van der Waals surface area contributed by atoms with Gasteiger partial charge in [0, 0.05) is 0 Å². The quantitative estimate of drug-likeness (QED) is 0.610. The first-order valence-corrected chi connectivity index (χ1v) is 5.75. The van der Waals surface area contributed by atoms with E-state index in [1.807, 2.05) is 6.08 Å². The van der Waals surface area contributed by atoms with Crippen LogP contribution in [-0.4, -0.2) is 6.18 Å².